The molecule has 0 heterocycles. The van der Waals surface area contributed by atoms with Crippen LogP contribution in [-0.4, -0.2) is 6.04 Å². The Bertz CT molecular complexity index is 358. The fourth-order valence-electron chi connectivity index (χ4n) is 2.05. The highest BCUT2D eigenvalue weighted by Gasteiger charge is 2.23. The van der Waals surface area contributed by atoms with E-state index in [0.717, 1.165) is 23.6 Å². The summed E-state index contributed by atoms with van der Waals surface area (Å²) in [5, 5.41) is 3.47. The van der Waals surface area contributed by atoms with Crippen LogP contribution in [0.25, 0.3) is 0 Å². The van der Waals surface area contributed by atoms with Crippen LogP contribution in [0.15, 0.2) is 18.2 Å². The molecule has 1 unspecified atom stereocenters. The monoisotopic (exact) mass is 221 g/mol. The molecule has 1 aliphatic rings. The molecule has 0 bridgehead atoms. The summed E-state index contributed by atoms with van der Waals surface area (Å²) in [4.78, 5) is 0. The Morgan fingerprint density at radius 2 is 2.19 bits per heavy atom. The van der Waals surface area contributed by atoms with E-state index in [4.69, 9.17) is 0 Å². The summed E-state index contributed by atoms with van der Waals surface area (Å²) in [5.74, 6) is 0.799. The lowest BCUT2D eigenvalue weighted by Gasteiger charge is -2.14. The van der Waals surface area contributed by atoms with Gasteiger partial charge >= 0.3 is 0 Å². The molecular weight excluding hydrogens is 201 g/mol. The van der Waals surface area contributed by atoms with Crippen molar-refractivity contribution < 1.29 is 4.39 Å². The van der Waals surface area contributed by atoms with Gasteiger partial charge in [0.25, 0.3) is 0 Å². The van der Waals surface area contributed by atoms with Gasteiger partial charge in [0, 0.05) is 12.6 Å². The number of hydrogen-bond donors (Lipinski definition) is 1. The van der Waals surface area contributed by atoms with Crippen LogP contribution in [0.1, 0.15) is 37.3 Å². The Hall–Kier alpha value is -0.890. The van der Waals surface area contributed by atoms with Crippen LogP contribution in [-0.2, 0) is 6.54 Å². The highest BCUT2D eigenvalue weighted by atomic mass is 19.1. The first-order valence-electron chi connectivity index (χ1n) is 6.13. The molecule has 88 valence electrons. The molecule has 0 radical (unpaired) electrons. The summed E-state index contributed by atoms with van der Waals surface area (Å²) in [6.07, 6.45) is 4.05. The van der Waals surface area contributed by atoms with E-state index in [9.17, 15) is 4.39 Å². The first-order chi connectivity index (χ1) is 7.65. The Balaban J connectivity index is 1.85. The smallest absolute Gasteiger partial charge is 0.123 e. The normalized spacial score (nSPS) is 17.4. The van der Waals surface area contributed by atoms with Gasteiger partial charge in [-0.2, -0.15) is 0 Å². The van der Waals surface area contributed by atoms with Gasteiger partial charge in [0.2, 0.25) is 0 Å². The highest BCUT2D eigenvalue weighted by molar-refractivity contribution is 5.26. The maximum absolute atomic E-state index is 13.1. The number of nitrogens with one attached hydrogen (secondary N) is 1. The molecule has 1 aromatic rings. The topological polar surface area (TPSA) is 12.0 Å². The number of halogens is 1. The van der Waals surface area contributed by atoms with Crippen LogP contribution in [0.4, 0.5) is 4.39 Å². The number of rotatable bonds is 5. The third kappa shape index (κ3) is 3.31. The van der Waals surface area contributed by atoms with Crippen LogP contribution in [0.2, 0.25) is 0 Å². The maximum Gasteiger partial charge on any atom is 0.123 e. The fraction of sp³-hybridized carbons (Fsp3) is 0.571. The van der Waals surface area contributed by atoms with E-state index in [1.54, 1.807) is 6.07 Å². The molecule has 1 atom stereocenters. The molecule has 1 aliphatic carbocycles. The molecule has 1 aromatic carbocycles. The van der Waals surface area contributed by atoms with E-state index in [-0.39, 0.29) is 5.82 Å². The van der Waals surface area contributed by atoms with Crippen LogP contribution in [0.3, 0.4) is 0 Å². The van der Waals surface area contributed by atoms with Gasteiger partial charge in [0.05, 0.1) is 0 Å². The Morgan fingerprint density at radius 1 is 1.44 bits per heavy atom. The highest BCUT2D eigenvalue weighted by Crippen LogP contribution is 2.33. The van der Waals surface area contributed by atoms with Crippen molar-refractivity contribution in [3.8, 4) is 0 Å². The Labute approximate surface area is 97.1 Å². The first kappa shape index (κ1) is 11.6. The summed E-state index contributed by atoms with van der Waals surface area (Å²) in [5.41, 5.74) is 2.23. The zero-order valence-corrected chi connectivity index (χ0v) is 10.1. The van der Waals surface area contributed by atoms with Crippen molar-refractivity contribution in [2.75, 3.05) is 0 Å². The molecule has 0 saturated heterocycles. The molecule has 0 spiro atoms. The minimum absolute atomic E-state index is 0.141. The molecule has 0 aliphatic heterocycles. The Kier molecular flexibility index (Phi) is 3.59. The second-order valence-corrected chi connectivity index (χ2v) is 5.03. The zero-order valence-electron chi connectivity index (χ0n) is 10.1. The van der Waals surface area contributed by atoms with Gasteiger partial charge in [0.15, 0.2) is 0 Å². The molecule has 2 heteroatoms. The van der Waals surface area contributed by atoms with Gasteiger partial charge in [-0.1, -0.05) is 18.9 Å². The SMILES string of the molecule is Cc1ccc(F)cc1CNC(C)CC1CC1. The van der Waals surface area contributed by atoms with Crippen LogP contribution in [0, 0.1) is 18.7 Å². The molecule has 1 N–H and O–H groups in total. The average Bonchev–Trinajstić information content (AvgIpc) is 3.03. The van der Waals surface area contributed by atoms with Crippen molar-refractivity contribution in [1.82, 2.24) is 5.32 Å². The minimum Gasteiger partial charge on any atom is -0.310 e. The lowest BCUT2D eigenvalue weighted by Crippen LogP contribution is -2.26. The lowest BCUT2D eigenvalue weighted by molar-refractivity contribution is 0.486. The van der Waals surface area contributed by atoms with Crippen molar-refractivity contribution in [1.29, 1.82) is 0 Å². The standard InChI is InChI=1S/C14H20FN/c1-10-3-6-14(15)8-13(10)9-16-11(2)7-12-4-5-12/h3,6,8,11-12,16H,4-5,7,9H2,1-2H3. The summed E-state index contributed by atoms with van der Waals surface area (Å²) < 4.78 is 13.1. The molecule has 1 saturated carbocycles. The number of hydrogen-bond acceptors (Lipinski definition) is 1. The van der Waals surface area contributed by atoms with Crippen LogP contribution in [0.5, 0.6) is 0 Å². The summed E-state index contributed by atoms with van der Waals surface area (Å²) in [7, 11) is 0. The lowest BCUT2D eigenvalue weighted by atomic mass is 10.1. The molecule has 16 heavy (non-hydrogen) atoms. The third-order valence-corrected chi connectivity index (χ3v) is 3.34. The number of aryl methyl sites for hydroxylation is 1. The molecule has 1 nitrogen and oxygen atoms in total. The predicted molar refractivity (Wildman–Crippen MR) is 64.8 cm³/mol. The Morgan fingerprint density at radius 3 is 2.88 bits per heavy atom. The van der Waals surface area contributed by atoms with Gasteiger partial charge in [-0.3, -0.25) is 0 Å². The quantitative estimate of drug-likeness (QED) is 0.803. The van der Waals surface area contributed by atoms with Gasteiger partial charge in [-0.25, -0.2) is 4.39 Å². The van der Waals surface area contributed by atoms with E-state index >= 15 is 0 Å². The third-order valence-electron chi connectivity index (χ3n) is 3.34. The van der Waals surface area contributed by atoms with E-state index in [1.165, 1.54) is 25.3 Å². The van der Waals surface area contributed by atoms with Gasteiger partial charge < -0.3 is 5.32 Å². The van der Waals surface area contributed by atoms with Crippen molar-refractivity contribution >= 4 is 0 Å². The van der Waals surface area contributed by atoms with E-state index in [1.807, 2.05) is 13.0 Å². The van der Waals surface area contributed by atoms with Crippen molar-refractivity contribution in [3.63, 3.8) is 0 Å². The molecule has 0 amide bonds. The maximum atomic E-state index is 13.1. The molecule has 1 fully saturated rings. The van der Waals surface area contributed by atoms with Gasteiger partial charge in [0.1, 0.15) is 5.82 Å². The summed E-state index contributed by atoms with van der Waals surface area (Å²) >= 11 is 0. The van der Waals surface area contributed by atoms with Crippen LogP contribution < -0.4 is 5.32 Å². The second-order valence-electron chi connectivity index (χ2n) is 5.03. The van der Waals surface area contributed by atoms with Gasteiger partial charge in [-0.15, -0.1) is 0 Å². The minimum atomic E-state index is -0.141. The average molecular weight is 221 g/mol. The van der Waals surface area contributed by atoms with Crippen LogP contribution >= 0.6 is 0 Å². The van der Waals surface area contributed by atoms with Gasteiger partial charge in [-0.05, 0) is 49.4 Å². The second kappa shape index (κ2) is 4.96. The molecule has 0 aromatic heterocycles. The van der Waals surface area contributed by atoms with E-state index in [0.29, 0.717) is 6.04 Å². The summed E-state index contributed by atoms with van der Waals surface area (Å²) in [6.45, 7) is 5.02. The first-order valence-corrected chi connectivity index (χ1v) is 6.13. The fourth-order valence-corrected chi connectivity index (χ4v) is 2.05. The zero-order chi connectivity index (χ0) is 11.5. The predicted octanol–water partition coefficient (Wildman–Crippen LogP) is 3.41. The summed E-state index contributed by atoms with van der Waals surface area (Å²) in [6, 6.07) is 5.53. The van der Waals surface area contributed by atoms with Crippen molar-refractivity contribution in [2.24, 2.45) is 5.92 Å². The largest absolute Gasteiger partial charge is 0.310 e. The molecule has 2 rings (SSSR count). The number of benzene rings is 1. The van der Waals surface area contributed by atoms with Crippen molar-refractivity contribution in [2.45, 2.75) is 45.7 Å². The van der Waals surface area contributed by atoms with E-state index in [2.05, 4.69) is 12.2 Å². The van der Waals surface area contributed by atoms with Crippen molar-refractivity contribution in [3.05, 3.63) is 35.1 Å². The molecular formula is C14H20FN. The van der Waals surface area contributed by atoms with E-state index < -0.39 is 0 Å².